The number of ketones is 1. The first-order chi connectivity index (χ1) is 24.8. The van der Waals surface area contributed by atoms with Gasteiger partial charge in [-0.25, -0.2) is 9.99 Å². The number of benzene rings is 3. The van der Waals surface area contributed by atoms with Crippen molar-refractivity contribution in [3.8, 4) is 0 Å². The second-order valence-corrected chi connectivity index (χ2v) is 15.4. The first kappa shape index (κ1) is 36.7. The predicted molar refractivity (Wildman–Crippen MR) is 214 cm³/mol. The summed E-state index contributed by atoms with van der Waals surface area (Å²) in [4.78, 5) is 35.7. The van der Waals surface area contributed by atoms with Gasteiger partial charge in [0.1, 0.15) is 10.8 Å². The Morgan fingerprint density at radius 2 is 1.58 bits per heavy atom. The van der Waals surface area contributed by atoms with Crippen LogP contribution >= 0.6 is 11.3 Å². The number of hydrogen-bond acceptors (Lipinski definition) is 9. The number of aryl methyl sites for hydroxylation is 2. The number of nitrogens with zero attached hydrogens (tertiary/aromatic N) is 5. The highest BCUT2D eigenvalue weighted by Gasteiger charge is 2.46. The number of aromatic nitrogens is 1. The highest BCUT2D eigenvalue weighted by Crippen LogP contribution is 2.44. The Morgan fingerprint density at radius 1 is 0.904 bits per heavy atom. The van der Waals surface area contributed by atoms with E-state index >= 15 is 0 Å². The molecule has 1 aliphatic heterocycles. The number of thiazole rings is 1. The van der Waals surface area contributed by atoms with Crippen molar-refractivity contribution in [3.05, 3.63) is 105 Å². The number of hydrogen-bond donors (Lipinski definition) is 1. The average Bonchev–Trinajstić information content (AvgIpc) is 3.67. The van der Waals surface area contributed by atoms with Crippen LogP contribution in [-0.2, 0) is 14.3 Å². The molecule has 0 saturated carbocycles. The zero-order valence-electron chi connectivity index (χ0n) is 31.3. The number of para-hydroxylation sites is 1. The molecule has 1 aromatic heterocycles. The second-order valence-electron chi connectivity index (χ2n) is 14.3. The smallest absolute Gasteiger partial charge is 0.276 e. The van der Waals surface area contributed by atoms with E-state index in [-0.39, 0.29) is 34.2 Å². The van der Waals surface area contributed by atoms with Crippen LogP contribution in [0.4, 0.5) is 11.4 Å². The molecule has 52 heavy (non-hydrogen) atoms. The van der Waals surface area contributed by atoms with Gasteiger partial charge in [0.05, 0.1) is 45.9 Å². The lowest BCUT2D eigenvalue weighted by molar-refractivity contribution is -0.125. The summed E-state index contributed by atoms with van der Waals surface area (Å²) < 4.78 is 7.26. The zero-order valence-corrected chi connectivity index (χ0v) is 32.1. The quantitative estimate of drug-likeness (QED) is 0.117. The Balaban J connectivity index is 1.03. The Morgan fingerprint density at radius 3 is 2.21 bits per heavy atom. The van der Waals surface area contributed by atoms with E-state index < -0.39 is 5.41 Å². The van der Waals surface area contributed by atoms with Gasteiger partial charge in [-0.2, -0.15) is 5.10 Å². The summed E-state index contributed by atoms with van der Waals surface area (Å²) in [6.45, 7) is 15.2. The van der Waals surface area contributed by atoms with Gasteiger partial charge in [0, 0.05) is 50.5 Å². The van der Waals surface area contributed by atoms with E-state index in [1.807, 2.05) is 65.0 Å². The van der Waals surface area contributed by atoms with Crippen molar-refractivity contribution in [2.45, 2.75) is 41.5 Å². The van der Waals surface area contributed by atoms with Gasteiger partial charge in [0.2, 0.25) is 5.78 Å². The van der Waals surface area contributed by atoms with E-state index in [2.05, 4.69) is 76.3 Å². The number of ether oxygens (including phenoxy) is 1. The molecule has 1 aliphatic carbocycles. The number of fused-ring (bicyclic) bond motifs is 1. The monoisotopic (exact) mass is 717 g/mol. The molecule has 0 saturated heterocycles. The molecule has 2 heterocycles. The summed E-state index contributed by atoms with van der Waals surface area (Å²) in [5.74, 6) is -0.848. The minimum absolute atomic E-state index is 0.0598. The number of allylic oxidation sites excluding steroid dienone is 2. The maximum absolute atomic E-state index is 13.6. The molecule has 0 atom stereocenters. The first-order valence-corrected chi connectivity index (χ1v) is 18.5. The number of anilines is 2. The third-order valence-corrected chi connectivity index (χ3v) is 10.5. The number of Topliss-reactive ketones (excluding diaryl/α,β-unsaturated/α-hetero) is 1. The van der Waals surface area contributed by atoms with Gasteiger partial charge < -0.3 is 19.6 Å². The van der Waals surface area contributed by atoms with Crippen LogP contribution in [0.1, 0.15) is 55.0 Å². The fraction of sp³-hybridized carbons (Fsp3) is 0.333. The maximum Gasteiger partial charge on any atom is 0.276 e. The van der Waals surface area contributed by atoms with Crippen LogP contribution in [-0.4, -0.2) is 79.4 Å². The molecular weight excluding hydrogens is 671 g/mol. The minimum atomic E-state index is -0.472. The highest BCUT2D eigenvalue weighted by atomic mass is 32.1. The summed E-state index contributed by atoms with van der Waals surface area (Å²) >= 11 is 1.69. The molecule has 6 rings (SSSR count). The molecule has 1 amide bonds. The fourth-order valence-corrected chi connectivity index (χ4v) is 7.56. The molecule has 1 N–H and O–H groups in total. The van der Waals surface area contributed by atoms with Gasteiger partial charge in [0.25, 0.3) is 5.91 Å². The van der Waals surface area contributed by atoms with E-state index in [0.717, 1.165) is 51.7 Å². The maximum atomic E-state index is 13.6. The SMILES string of the molecule is CCN(CCOCCN(C)c1ccc(/C=C/c2nc3ccccc3s2)cc1)c1cc(C)c(C2=C(O)C(=C3C(=O)N(C)N=C3C(C)(C)C)C2=O)c(C)c1. The Bertz CT molecular complexity index is 2100. The van der Waals surface area contributed by atoms with Crippen LogP contribution in [0.15, 0.2) is 82.7 Å². The molecule has 0 fully saturated rings. The van der Waals surface area contributed by atoms with Crippen LogP contribution < -0.4 is 9.80 Å². The van der Waals surface area contributed by atoms with Crippen molar-refractivity contribution in [3.63, 3.8) is 0 Å². The highest BCUT2D eigenvalue weighted by molar-refractivity contribution is 7.19. The zero-order chi connectivity index (χ0) is 37.3. The van der Waals surface area contributed by atoms with Gasteiger partial charge in [-0.3, -0.25) is 9.59 Å². The number of likely N-dealkylation sites (N-methyl/N-ethyl adjacent to an activating group) is 3. The van der Waals surface area contributed by atoms with Crippen molar-refractivity contribution in [2.24, 2.45) is 10.5 Å². The Labute approximate surface area is 310 Å². The molecule has 0 unspecified atom stereocenters. The largest absolute Gasteiger partial charge is 0.506 e. The standard InChI is InChI=1S/C42H47N5O4S/c1-9-47(21-23-51-22-20-45(7)29-17-14-28(15-18-29)16-19-33-43-31-12-10-11-13-32(31)52-33)30-24-26(2)34(27(3)25-30)35-38(48)36(39(35)49)37-40(42(4,5)6)44-46(8)41(37)50/h10-19,24-25,48H,9,20-23H2,1-8H3/b19-16+,37-36?. The molecule has 4 aromatic rings. The van der Waals surface area contributed by atoms with Gasteiger partial charge >= 0.3 is 0 Å². The predicted octanol–water partition coefficient (Wildman–Crippen LogP) is 8.09. The third kappa shape index (κ3) is 7.31. The topological polar surface area (TPSA) is 98.6 Å². The second kappa shape index (κ2) is 14.9. The molecule has 0 spiro atoms. The molecule has 3 aromatic carbocycles. The van der Waals surface area contributed by atoms with E-state index in [9.17, 15) is 14.7 Å². The van der Waals surface area contributed by atoms with E-state index in [4.69, 9.17) is 4.74 Å². The van der Waals surface area contributed by atoms with Crippen LogP contribution in [0.25, 0.3) is 27.9 Å². The summed E-state index contributed by atoms with van der Waals surface area (Å²) in [5, 5.41) is 17.8. The van der Waals surface area contributed by atoms with Crippen molar-refractivity contribution in [1.82, 2.24) is 9.99 Å². The van der Waals surface area contributed by atoms with Gasteiger partial charge in [-0.15, -0.1) is 11.3 Å². The van der Waals surface area contributed by atoms with Crippen molar-refractivity contribution < 1.29 is 19.4 Å². The van der Waals surface area contributed by atoms with Crippen molar-refractivity contribution in [1.29, 1.82) is 0 Å². The molecule has 0 radical (unpaired) electrons. The number of rotatable bonds is 12. The molecular formula is C42H47N5O4S. The van der Waals surface area contributed by atoms with Crippen LogP contribution in [0, 0.1) is 19.3 Å². The van der Waals surface area contributed by atoms with Crippen LogP contribution in [0.5, 0.6) is 0 Å². The molecule has 270 valence electrons. The van der Waals surface area contributed by atoms with Crippen LogP contribution in [0.2, 0.25) is 0 Å². The van der Waals surface area contributed by atoms with Gasteiger partial charge in [0.15, 0.2) is 0 Å². The van der Waals surface area contributed by atoms with Gasteiger partial charge in [-0.05, 0) is 85.5 Å². The van der Waals surface area contributed by atoms with E-state index in [1.54, 1.807) is 18.4 Å². The normalized spacial score (nSPS) is 16.4. The number of amides is 1. The van der Waals surface area contributed by atoms with Crippen molar-refractivity contribution in [2.75, 3.05) is 56.7 Å². The lowest BCUT2D eigenvalue weighted by Crippen LogP contribution is -2.32. The molecule has 9 nitrogen and oxygen atoms in total. The minimum Gasteiger partial charge on any atom is -0.506 e. The van der Waals surface area contributed by atoms with E-state index in [1.165, 1.54) is 9.71 Å². The number of hydrazone groups is 1. The number of carbonyl (C=O) groups is 2. The van der Waals surface area contributed by atoms with E-state index in [0.29, 0.717) is 31.0 Å². The lowest BCUT2D eigenvalue weighted by atomic mass is 9.74. The van der Waals surface area contributed by atoms with Crippen LogP contribution in [0.3, 0.4) is 0 Å². The molecule has 2 aliphatic rings. The fourth-order valence-electron chi connectivity index (χ4n) is 6.69. The molecule has 10 heteroatoms. The lowest BCUT2D eigenvalue weighted by Gasteiger charge is -2.29. The number of aliphatic hydroxyl groups is 1. The first-order valence-electron chi connectivity index (χ1n) is 17.7. The third-order valence-electron chi connectivity index (χ3n) is 9.54. The summed E-state index contributed by atoms with van der Waals surface area (Å²) in [7, 11) is 3.63. The van der Waals surface area contributed by atoms with Gasteiger partial charge in [-0.1, -0.05) is 51.1 Å². The number of aliphatic hydroxyl groups excluding tert-OH is 1. The van der Waals surface area contributed by atoms with Crippen molar-refractivity contribution >= 4 is 68.1 Å². The Kier molecular flexibility index (Phi) is 10.5. The summed E-state index contributed by atoms with van der Waals surface area (Å²) in [5.41, 5.74) is 7.32. The Hall–Kier alpha value is -5.06. The molecule has 0 bridgehead atoms. The summed E-state index contributed by atoms with van der Waals surface area (Å²) in [6.07, 6.45) is 4.16. The average molecular weight is 718 g/mol. The summed E-state index contributed by atoms with van der Waals surface area (Å²) in [6, 6.07) is 20.8. The number of carbonyl (C=O) groups excluding carboxylic acids is 2.